The third-order valence-electron chi connectivity index (χ3n) is 7.00. The molecule has 0 radical (unpaired) electrons. The van der Waals surface area contributed by atoms with Gasteiger partial charge in [0.2, 0.25) is 0 Å². The van der Waals surface area contributed by atoms with Crippen molar-refractivity contribution in [3.8, 4) is 6.07 Å². The molecule has 36 heavy (non-hydrogen) atoms. The maximum atomic E-state index is 14.3. The Balaban J connectivity index is 1.73. The molecule has 2 aromatic heterocycles. The highest BCUT2D eigenvalue weighted by Gasteiger charge is 2.41. The zero-order chi connectivity index (χ0) is 26.4. The Labute approximate surface area is 209 Å². The minimum atomic E-state index is -4.60. The van der Waals surface area contributed by atoms with Gasteiger partial charge in [0.25, 0.3) is 0 Å². The fraction of sp³-hybridized carbons (Fsp3) is 0.680. The average Bonchev–Trinajstić information content (AvgIpc) is 3.20. The lowest BCUT2D eigenvalue weighted by molar-refractivity contribution is -0.136. The SMILES string of the molecule is C[C@@H]1CN(c2ncnc3c2c(C(F)(F)F)cn3C2CCCC(C#N)C2)[C@@H](C)CN1C(=O)OC(C)(C)C. The van der Waals surface area contributed by atoms with E-state index in [2.05, 4.69) is 16.0 Å². The number of ether oxygens (including phenoxy) is 1. The summed E-state index contributed by atoms with van der Waals surface area (Å²) in [6.07, 6.45) is 0.132. The number of carbonyl (C=O) groups excluding carboxylic acids is 1. The Morgan fingerprint density at radius 2 is 1.86 bits per heavy atom. The van der Waals surface area contributed by atoms with Crippen molar-refractivity contribution in [2.24, 2.45) is 5.92 Å². The molecule has 0 spiro atoms. The van der Waals surface area contributed by atoms with E-state index in [9.17, 15) is 23.2 Å². The van der Waals surface area contributed by atoms with Gasteiger partial charge in [0.1, 0.15) is 23.4 Å². The number of alkyl halides is 3. The topological polar surface area (TPSA) is 87.3 Å². The number of hydrogen-bond donors (Lipinski definition) is 0. The first-order valence-electron chi connectivity index (χ1n) is 12.4. The van der Waals surface area contributed by atoms with Gasteiger partial charge >= 0.3 is 12.3 Å². The molecule has 11 heteroatoms. The Morgan fingerprint density at radius 3 is 2.50 bits per heavy atom. The predicted molar refractivity (Wildman–Crippen MR) is 128 cm³/mol. The van der Waals surface area contributed by atoms with Crippen molar-refractivity contribution >= 4 is 22.9 Å². The highest BCUT2D eigenvalue weighted by atomic mass is 19.4. The van der Waals surface area contributed by atoms with Gasteiger partial charge in [-0.15, -0.1) is 0 Å². The standard InChI is InChI=1S/C25H33F3N6O2/c1-15-12-33(23(35)36-24(3,4)5)16(2)11-32(15)21-20-19(25(26,27)28)13-34(22(20)31-14-30-21)18-8-6-7-17(9-18)10-29/h13-18H,6-9,11-12H2,1-5H3/t15-,16+,17?,18?/m0/s1. The fourth-order valence-electron chi connectivity index (χ4n) is 5.31. The Kier molecular flexibility index (Phi) is 6.84. The molecular formula is C25H33F3N6O2. The van der Waals surface area contributed by atoms with Gasteiger partial charge in [-0.25, -0.2) is 14.8 Å². The van der Waals surface area contributed by atoms with Crippen LogP contribution in [0.4, 0.5) is 23.8 Å². The summed E-state index contributed by atoms with van der Waals surface area (Å²) in [6, 6.07) is 1.44. The lowest BCUT2D eigenvalue weighted by Gasteiger charge is -2.44. The highest BCUT2D eigenvalue weighted by molar-refractivity contribution is 5.92. The number of fused-ring (bicyclic) bond motifs is 1. The number of nitriles is 1. The summed E-state index contributed by atoms with van der Waals surface area (Å²) >= 11 is 0. The molecular weight excluding hydrogens is 473 g/mol. The van der Waals surface area contributed by atoms with Crippen LogP contribution in [0.1, 0.15) is 71.9 Å². The zero-order valence-corrected chi connectivity index (χ0v) is 21.3. The van der Waals surface area contributed by atoms with E-state index in [1.807, 2.05) is 18.7 Å². The molecule has 0 N–H and O–H groups in total. The summed E-state index contributed by atoms with van der Waals surface area (Å²) in [5.41, 5.74) is -1.20. The fourth-order valence-corrected chi connectivity index (χ4v) is 5.31. The molecule has 2 aliphatic rings. The molecule has 1 aliphatic carbocycles. The van der Waals surface area contributed by atoms with Crippen LogP contribution in [0.5, 0.6) is 0 Å². The lowest BCUT2D eigenvalue weighted by Crippen LogP contribution is -2.59. The maximum Gasteiger partial charge on any atom is 0.418 e. The van der Waals surface area contributed by atoms with Crippen LogP contribution in [-0.4, -0.2) is 56.3 Å². The summed E-state index contributed by atoms with van der Waals surface area (Å²) < 4.78 is 50.0. The summed E-state index contributed by atoms with van der Waals surface area (Å²) in [5, 5.41) is 9.35. The second kappa shape index (κ2) is 9.45. The summed E-state index contributed by atoms with van der Waals surface area (Å²) in [7, 11) is 0. The second-order valence-corrected chi connectivity index (χ2v) is 11.0. The molecule has 2 fully saturated rings. The quantitative estimate of drug-likeness (QED) is 0.532. The minimum Gasteiger partial charge on any atom is -0.444 e. The first-order valence-corrected chi connectivity index (χ1v) is 12.4. The van der Waals surface area contributed by atoms with Crippen LogP contribution in [0, 0.1) is 17.2 Å². The van der Waals surface area contributed by atoms with Gasteiger partial charge in [-0.3, -0.25) is 0 Å². The molecule has 8 nitrogen and oxygen atoms in total. The van der Waals surface area contributed by atoms with Gasteiger partial charge in [0, 0.05) is 43.3 Å². The number of aromatic nitrogens is 3. The van der Waals surface area contributed by atoms with E-state index in [4.69, 9.17) is 4.74 Å². The second-order valence-electron chi connectivity index (χ2n) is 11.0. The van der Waals surface area contributed by atoms with Crippen molar-refractivity contribution in [2.45, 2.75) is 90.2 Å². The molecule has 0 bridgehead atoms. The van der Waals surface area contributed by atoms with E-state index >= 15 is 0 Å². The number of carbonyl (C=O) groups is 1. The van der Waals surface area contributed by atoms with Crippen LogP contribution in [-0.2, 0) is 10.9 Å². The molecule has 2 unspecified atom stereocenters. The van der Waals surface area contributed by atoms with E-state index in [0.717, 1.165) is 19.0 Å². The number of hydrogen-bond acceptors (Lipinski definition) is 6. The van der Waals surface area contributed by atoms with Gasteiger partial charge < -0.3 is 19.1 Å². The van der Waals surface area contributed by atoms with Crippen LogP contribution in [0.2, 0.25) is 0 Å². The summed E-state index contributed by atoms with van der Waals surface area (Å²) in [5.74, 6) is 0.0283. The minimum absolute atomic E-state index is 0.0335. The van der Waals surface area contributed by atoms with Crippen molar-refractivity contribution in [3.05, 3.63) is 18.1 Å². The Bertz CT molecular complexity index is 1170. The number of halogens is 3. The number of nitrogens with zero attached hydrogens (tertiary/aromatic N) is 6. The first-order chi connectivity index (χ1) is 16.8. The Hall–Kier alpha value is -3.03. The molecule has 196 valence electrons. The van der Waals surface area contributed by atoms with Crippen molar-refractivity contribution in [1.29, 1.82) is 5.26 Å². The number of rotatable bonds is 2. The number of anilines is 1. The molecule has 0 aromatic carbocycles. The smallest absolute Gasteiger partial charge is 0.418 e. The predicted octanol–water partition coefficient (Wildman–Crippen LogP) is 5.54. The third-order valence-corrected chi connectivity index (χ3v) is 7.00. The van der Waals surface area contributed by atoms with Gasteiger partial charge in [-0.1, -0.05) is 6.42 Å². The summed E-state index contributed by atoms with van der Waals surface area (Å²) in [4.78, 5) is 24.8. The highest BCUT2D eigenvalue weighted by Crippen LogP contribution is 2.43. The van der Waals surface area contributed by atoms with E-state index < -0.39 is 23.4 Å². The van der Waals surface area contributed by atoms with E-state index in [-0.39, 0.29) is 47.4 Å². The molecule has 2 aromatic rings. The van der Waals surface area contributed by atoms with E-state index in [1.54, 1.807) is 30.2 Å². The molecule has 4 rings (SSSR count). The Morgan fingerprint density at radius 1 is 1.14 bits per heavy atom. The van der Waals surface area contributed by atoms with Gasteiger partial charge in [0.05, 0.1) is 17.0 Å². The van der Waals surface area contributed by atoms with E-state index in [0.29, 0.717) is 19.4 Å². The molecule has 1 saturated carbocycles. The van der Waals surface area contributed by atoms with E-state index in [1.165, 1.54) is 6.33 Å². The molecule has 4 atom stereocenters. The van der Waals surface area contributed by atoms with Crippen LogP contribution in [0.3, 0.4) is 0 Å². The van der Waals surface area contributed by atoms with Gasteiger partial charge in [-0.05, 0) is 53.9 Å². The number of piperazine rings is 1. The zero-order valence-electron chi connectivity index (χ0n) is 21.3. The van der Waals surface area contributed by atoms with Crippen molar-refractivity contribution in [2.75, 3.05) is 18.0 Å². The average molecular weight is 507 g/mol. The van der Waals surface area contributed by atoms with Crippen LogP contribution in [0.15, 0.2) is 12.5 Å². The van der Waals surface area contributed by atoms with Crippen molar-refractivity contribution < 1.29 is 22.7 Å². The van der Waals surface area contributed by atoms with Crippen LogP contribution >= 0.6 is 0 Å². The summed E-state index contributed by atoms with van der Waals surface area (Å²) in [6.45, 7) is 9.68. The third kappa shape index (κ3) is 5.08. The van der Waals surface area contributed by atoms with Crippen LogP contribution < -0.4 is 4.90 Å². The first kappa shape index (κ1) is 26.0. The monoisotopic (exact) mass is 506 g/mol. The molecule has 3 heterocycles. The van der Waals surface area contributed by atoms with Gasteiger partial charge in [-0.2, -0.15) is 18.4 Å². The molecule has 1 amide bonds. The van der Waals surface area contributed by atoms with Gasteiger partial charge in [0.15, 0.2) is 0 Å². The normalized spacial score (nSPS) is 25.6. The largest absolute Gasteiger partial charge is 0.444 e. The van der Waals surface area contributed by atoms with Crippen LogP contribution in [0.25, 0.3) is 11.0 Å². The lowest BCUT2D eigenvalue weighted by atomic mass is 9.86. The number of amides is 1. The molecule has 1 saturated heterocycles. The van der Waals surface area contributed by atoms with Crippen molar-refractivity contribution in [1.82, 2.24) is 19.4 Å². The molecule has 1 aliphatic heterocycles. The van der Waals surface area contributed by atoms with Crippen molar-refractivity contribution in [3.63, 3.8) is 0 Å². The maximum absolute atomic E-state index is 14.3.